The second-order valence-electron chi connectivity index (χ2n) is 7.73. The van der Waals surface area contributed by atoms with E-state index in [2.05, 4.69) is 52.3 Å². The van der Waals surface area contributed by atoms with E-state index in [0.29, 0.717) is 0 Å². The summed E-state index contributed by atoms with van der Waals surface area (Å²) in [5.41, 5.74) is 2.29. The zero-order valence-corrected chi connectivity index (χ0v) is 15.8. The van der Waals surface area contributed by atoms with Crippen molar-refractivity contribution in [1.29, 1.82) is 0 Å². The minimum Gasteiger partial charge on any atom is -0.317 e. The number of hydrogen-bond donors (Lipinski definition) is 0. The van der Waals surface area contributed by atoms with Crippen molar-refractivity contribution >= 4 is 11.0 Å². The van der Waals surface area contributed by atoms with Crippen molar-refractivity contribution in [3.8, 4) is 0 Å². The number of fused-ring (bicyclic) bond motifs is 2. The van der Waals surface area contributed by atoms with Crippen LogP contribution in [0.25, 0.3) is 11.0 Å². The van der Waals surface area contributed by atoms with Gasteiger partial charge in [0.2, 0.25) is 0 Å². The Morgan fingerprint density at radius 2 is 1.70 bits per heavy atom. The Hall–Kier alpha value is -2.25. The molecule has 1 saturated heterocycles. The molecule has 0 N–H and O–H groups in total. The standard InChI is InChI=1S/C20H27N7/c1-2-8-19-22-23-20(27(19)9-5-1)14-24-10-12-25(13-11-24)16-26-15-21-17-6-3-4-7-18(17)26/h3-4,6-7,15H,1-2,5,8-14,16H2. The lowest BCUT2D eigenvalue weighted by atomic mass is 10.2. The Kier molecular flexibility index (Phi) is 4.63. The first-order valence-corrected chi connectivity index (χ1v) is 10.1. The Morgan fingerprint density at radius 3 is 2.63 bits per heavy atom. The van der Waals surface area contributed by atoms with Crippen LogP contribution >= 0.6 is 0 Å². The van der Waals surface area contributed by atoms with Crippen molar-refractivity contribution < 1.29 is 0 Å². The third-order valence-corrected chi connectivity index (χ3v) is 5.90. The van der Waals surface area contributed by atoms with Crippen LogP contribution < -0.4 is 0 Å². The van der Waals surface area contributed by atoms with Gasteiger partial charge in [0.25, 0.3) is 0 Å². The molecule has 0 unspecified atom stereocenters. The molecule has 1 fully saturated rings. The summed E-state index contributed by atoms with van der Waals surface area (Å²) < 4.78 is 4.63. The summed E-state index contributed by atoms with van der Waals surface area (Å²) in [4.78, 5) is 9.53. The fourth-order valence-electron chi connectivity index (χ4n) is 4.29. The van der Waals surface area contributed by atoms with E-state index in [1.54, 1.807) is 0 Å². The molecule has 0 saturated carbocycles. The Labute approximate surface area is 159 Å². The highest BCUT2D eigenvalue weighted by atomic mass is 15.3. The third kappa shape index (κ3) is 3.49. The third-order valence-electron chi connectivity index (χ3n) is 5.90. The number of nitrogens with zero attached hydrogens (tertiary/aromatic N) is 7. The summed E-state index contributed by atoms with van der Waals surface area (Å²) in [6.45, 7) is 7.24. The summed E-state index contributed by atoms with van der Waals surface area (Å²) in [7, 11) is 0. The molecule has 0 amide bonds. The van der Waals surface area contributed by atoms with Crippen LogP contribution in [0.1, 0.15) is 30.9 Å². The number of aromatic nitrogens is 5. The molecule has 7 heteroatoms. The lowest BCUT2D eigenvalue weighted by molar-refractivity contribution is 0.101. The molecule has 3 aromatic rings. The largest absolute Gasteiger partial charge is 0.317 e. The summed E-state index contributed by atoms with van der Waals surface area (Å²) in [5.74, 6) is 2.34. The van der Waals surface area contributed by atoms with E-state index in [4.69, 9.17) is 0 Å². The first-order chi connectivity index (χ1) is 13.4. The molecule has 5 rings (SSSR count). The van der Waals surface area contributed by atoms with Crippen LogP contribution in [0, 0.1) is 0 Å². The first-order valence-electron chi connectivity index (χ1n) is 10.1. The van der Waals surface area contributed by atoms with Crippen LogP contribution in [0.3, 0.4) is 0 Å². The van der Waals surface area contributed by atoms with E-state index < -0.39 is 0 Å². The smallest absolute Gasteiger partial charge is 0.147 e. The molecular weight excluding hydrogens is 338 g/mol. The van der Waals surface area contributed by atoms with Gasteiger partial charge < -0.3 is 9.13 Å². The predicted molar refractivity (Wildman–Crippen MR) is 104 cm³/mol. The molecule has 0 radical (unpaired) electrons. The second-order valence-corrected chi connectivity index (χ2v) is 7.73. The van der Waals surface area contributed by atoms with E-state index in [1.165, 1.54) is 30.6 Å². The molecule has 2 aromatic heterocycles. The zero-order valence-electron chi connectivity index (χ0n) is 15.8. The van der Waals surface area contributed by atoms with E-state index >= 15 is 0 Å². The molecule has 2 aliphatic rings. The molecular formula is C20H27N7. The highest BCUT2D eigenvalue weighted by molar-refractivity contribution is 5.74. The number of benzene rings is 1. The van der Waals surface area contributed by atoms with Crippen LogP contribution in [0.4, 0.5) is 0 Å². The maximum atomic E-state index is 4.51. The molecule has 27 heavy (non-hydrogen) atoms. The van der Waals surface area contributed by atoms with Gasteiger partial charge in [0.15, 0.2) is 0 Å². The monoisotopic (exact) mass is 365 g/mol. The first kappa shape index (κ1) is 16.9. The minimum atomic E-state index is 0.911. The SMILES string of the molecule is c1ccc2c(c1)ncn2CN1CCN(Cc2nnc3n2CCCCC3)CC1. The maximum Gasteiger partial charge on any atom is 0.147 e. The van der Waals surface area contributed by atoms with E-state index in [0.717, 1.165) is 63.7 Å². The molecule has 0 atom stereocenters. The van der Waals surface area contributed by atoms with Crippen LogP contribution in [-0.4, -0.2) is 60.3 Å². The summed E-state index contributed by atoms with van der Waals surface area (Å²) >= 11 is 0. The van der Waals surface area contributed by atoms with Crippen molar-refractivity contribution in [1.82, 2.24) is 34.1 Å². The van der Waals surface area contributed by atoms with Crippen molar-refractivity contribution in [2.45, 2.75) is 45.4 Å². The van der Waals surface area contributed by atoms with Gasteiger partial charge >= 0.3 is 0 Å². The number of piperazine rings is 1. The quantitative estimate of drug-likeness (QED) is 0.709. The number of hydrogen-bond acceptors (Lipinski definition) is 5. The summed E-state index contributed by atoms with van der Waals surface area (Å²) in [5, 5.41) is 8.93. The van der Waals surface area contributed by atoms with Crippen LogP contribution in [0.5, 0.6) is 0 Å². The Bertz CT molecular complexity index is 904. The number of para-hydroxylation sites is 2. The fraction of sp³-hybridized carbons (Fsp3) is 0.550. The van der Waals surface area contributed by atoms with Gasteiger partial charge in [0, 0.05) is 39.1 Å². The molecule has 2 aliphatic heterocycles. The molecule has 0 bridgehead atoms. The van der Waals surface area contributed by atoms with Gasteiger partial charge in [-0.3, -0.25) is 9.80 Å². The average Bonchev–Trinajstić information content (AvgIpc) is 3.19. The van der Waals surface area contributed by atoms with E-state index in [9.17, 15) is 0 Å². The maximum absolute atomic E-state index is 4.51. The molecule has 4 heterocycles. The average molecular weight is 365 g/mol. The van der Waals surface area contributed by atoms with E-state index in [-0.39, 0.29) is 0 Å². The van der Waals surface area contributed by atoms with Crippen molar-refractivity contribution in [3.05, 3.63) is 42.2 Å². The number of rotatable bonds is 4. The predicted octanol–water partition coefficient (Wildman–Crippen LogP) is 2.13. The normalized spacial score (nSPS) is 19.3. The fourth-order valence-corrected chi connectivity index (χ4v) is 4.29. The lowest BCUT2D eigenvalue weighted by Gasteiger charge is -2.34. The van der Waals surface area contributed by atoms with Crippen LogP contribution in [-0.2, 0) is 26.2 Å². The molecule has 0 aliphatic carbocycles. The van der Waals surface area contributed by atoms with Gasteiger partial charge in [0.1, 0.15) is 11.6 Å². The second kappa shape index (κ2) is 7.40. The molecule has 7 nitrogen and oxygen atoms in total. The van der Waals surface area contributed by atoms with Gasteiger partial charge in [-0.15, -0.1) is 10.2 Å². The summed E-state index contributed by atoms with van der Waals surface area (Å²) in [6, 6.07) is 8.35. The minimum absolute atomic E-state index is 0.911. The Balaban J connectivity index is 1.19. The Morgan fingerprint density at radius 1 is 0.852 bits per heavy atom. The number of aryl methyl sites for hydroxylation is 1. The zero-order chi connectivity index (χ0) is 18.1. The van der Waals surface area contributed by atoms with Gasteiger partial charge in [-0.25, -0.2) is 4.98 Å². The van der Waals surface area contributed by atoms with Crippen molar-refractivity contribution in [2.75, 3.05) is 26.2 Å². The molecule has 142 valence electrons. The van der Waals surface area contributed by atoms with Crippen LogP contribution in [0.2, 0.25) is 0 Å². The topological polar surface area (TPSA) is 55.0 Å². The van der Waals surface area contributed by atoms with Gasteiger partial charge in [-0.2, -0.15) is 0 Å². The molecule has 0 spiro atoms. The van der Waals surface area contributed by atoms with Crippen molar-refractivity contribution in [3.63, 3.8) is 0 Å². The van der Waals surface area contributed by atoms with Gasteiger partial charge in [0.05, 0.1) is 30.6 Å². The highest BCUT2D eigenvalue weighted by Crippen LogP contribution is 2.17. The van der Waals surface area contributed by atoms with Gasteiger partial charge in [-0.1, -0.05) is 18.6 Å². The van der Waals surface area contributed by atoms with Crippen LogP contribution in [0.15, 0.2) is 30.6 Å². The van der Waals surface area contributed by atoms with E-state index in [1.807, 2.05) is 12.4 Å². The summed E-state index contributed by atoms with van der Waals surface area (Å²) in [6.07, 6.45) is 6.86. The lowest BCUT2D eigenvalue weighted by Crippen LogP contribution is -2.46. The molecule has 1 aromatic carbocycles. The van der Waals surface area contributed by atoms with Crippen molar-refractivity contribution in [2.24, 2.45) is 0 Å². The number of imidazole rings is 1. The van der Waals surface area contributed by atoms with Gasteiger partial charge in [-0.05, 0) is 25.0 Å². The highest BCUT2D eigenvalue weighted by Gasteiger charge is 2.21.